The van der Waals surface area contributed by atoms with Gasteiger partial charge in [-0.2, -0.15) is 0 Å². The Morgan fingerprint density at radius 1 is 1.32 bits per heavy atom. The van der Waals surface area contributed by atoms with Crippen molar-refractivity contribution >= 4 is 12.0 Å². The molecule has 2 N–H and O–H groups in total. The fraction of sp³-hybridized carbons (Fsp3) is 0.857. The van der Waals surface area contributed by atoms with Gasteiger partial charge in [-0.15, -0.1) is 0 Å². The Hall–Kier alpha value is -1.26. The summed E-state index contributed by atoms with van der Waals surface area (Å²) in [6, 6.07) is -0.338. The average Bonchev–Trinajstić information content (AvgIpc) is 3.05. The molecule has 5 heteroatoms. The van der Waals surface area contributed by atoms with Crippen molar-refractivity contribution in [2.24, 2.45) is 17.8 Å². The van der Waals surface area contributed by atoms with Crippen LogP contribution in [0.3, 0.4) is 0 Å². The second-order valence-corrected chi connectivity index (χ2v) is 6.14. The van der Waals surface area contributed by atoms with Gasteiger partial charge < -0.3 is 15.3 Å². The van der Waals surface area contributed by atoms with Crippen LogP contribution >= 0.6 is 0 Å². The maximum Gasteiger partial charge on any atom is 0.317 e. The van der Waals surface area contributed by atoms with Crippen LogP contribution in [-0.2, 0) is 4.79 Å². The first-order chi connectivity index (χ1) is 8.99. The van der Waals surface area contributed by atoms with Crippen LogP contribution < -0.4 is 5.32 Å². The lowest BCUT2D eigenvalue weighted by molar-refractivity contribution is -0.143. The van der Waals surface area contributed by atoms with E-state index in [-0.39, 0.29) is 12.1 Å². The van der Waals surface area contributed by atoms with Crippen LogP contribution in [0.25, 0.3) is 0 Å². The number of carbonyl (C=O) groups excluding carboxylic acids is 1. The first-order valence-electron chi connectivity index (χ1n) is 7.23. The number of carbonyl (C=O) groups is 2. The number of urea groups is 1. The number of hydrogen-bond acceptors (Lipinski definition) is 2. The lowest BCUT2D eigenvalue weighted by Gasteiger charge is -2.31. The van der Waals surface area contributed by atoms with E-state index in [1.54, 1.807) is 11.9 Å². The summed E-state index contributed by atoms with van der Waals surface area (Å²) >= 11 is 0. The quantitative estimate of drug-likeness (QED) is 0.818. The molecule has 0 saturated heterocycles. The number of rotatable bonds is 4. The average molecular weight is 268 g/mol. The summed E-state index contributed by atoms with van der Waals surface area (Å²) in [6.45, 7) is 2.97. The van der Waals surface area contributed by atoms with E-state index in [2.05, 4.69) is 12.2 Å². The van der Waals surface area contributed by atoms with Crippen LogP contribution in [0, 0.1) is 17.8 Å². The Labute approximate surface area is 114 Å². The van der Waals surface area contributed by atoms with Gasteiger partial charge in [0, 0.05) is 19.6 Å². The summed E-state index contributed by atoms with van der Waals surface area (Å²) in [5.41, 5.74) is 0. The first kappa shape index (κ1) is 14.2. The van der Waals surface area contributed by atoms with E-state index in [0.29, 0.717) is 12.3 Å². The summed E-state index contributed by atoms with van der Waals surface area (Å²) in [7, 11) is 1.79. The Kier molecular flexibility index (Phi) is 4.32. The molecule has 2 aliphatic rings. The predicted octanol–water partition coefficient (Wildman–Crippen LogP) is 1.93. The zero-order valence-corrected chi connectivity index (χ0v) is 11.8. The van der Waals surface area contributed by atoms with Gasteiger partial charge in [-0.1, -0.05) is 19.8 Å². The molecule has 0 aromatic rings. The Bertz CT molecular complexity index is 359. The van der Waals surface area contributed by atoms with Crippen LogP contribution in [0.5, 0.6) is 0 Å². The largest absolute Gasteiger partial charge is 0.481 e. The number of hydrogen-bond donors (Lipinski definition) is 2. The van der Waals surface area contributed by atoms with Crippen molar-refractivity contribution < 1.29 is 14.7 Å². The molecule has 0 aromatic carbocycles. The zero-order valence-electron chi connectivity index (χ0n) is 11.8. The van der Waals surface area contributed by atoms with Gasteiger partial charge in [0.1, 0.15) is 0 Å². The van der Waals surface area contributed by atoms with Gasteiger partial charge in [0.15, 0.2) is 0 Å². The molecule has 0 heterocycles. The third-order valence-electron chi connectivity index (χ3n) is 4.52. The number of nitrogens with one attached hydrogen (secondary N) is 1. The lowest BCUT2D eigenvalue weighted by atomic mass is 9.84. The summed E-state index contributed by atoms with van der Waals surface area (Å²) < 4.78 is 0. The smallest absolute Gasteiger partial charge is 0.317 e. The number of amides is 2. The van der Waals surface area contributed by atoms with Crippen LogP contribution in [-0.4, -0.2) is 41.6 Å². The zero-order chi connectivity index (χ0) is 14.0. The van der Waals surface area contributed by atoms with Gasteiger partial charge in [0.2, 0.25) is 0 Å². The SMILES string of the molecule is CC1CC1CN(C)C(=O)NC1CCCCC1C(=O)O. The van der Waals surface area contributed by atoms with Gasteiger partial charge in [0.25, 0.3) is 0 Å². The van der Waals surface area contributed by atoms with E-state index in [4.69, 9.17) is 0 Å². The summed E-state index contributed by atoms with van der Waals surface area (Å²) in [5.74, 6) is 0.128. The molecular formula is C14H24N2O3. The molecule has 2 aliphatic carbocycles. The van der Waals surface area contributed by atoms with E-state index in [0.717, 1.165) is 31.7 Å². The first-order valence-corrected chi connectivity index (χ1v) is 7.23. The van der Waals surface area contributed by atoms with Crippen molar-refractivity contribution in [3.63, 3.8) is 0 Å². The van der Waals surface area contributed by atoms with Crippen molar-refractivity contribution in [2.45, 2.75) is 45.1 Å². The van der Waals surface area contributed by atoms with Crippen molar-refractivity contribution in [3.8, 4) is 0 Å². The fourth-order valence-electron chi connectivity index (χ4n) is 2.96. The molecule has 0 aliphatic heterocycles. The number of nitrogens with zero attached hydrogens (tertiary/aromatic N) is 1. The van der Waals surface area contributed by atoms with Crippen LogP contribution in [0.1, 0.15) is 39.0 Å². The molecule has 0 aromatic heterocycles. The summed E-state index contributed by atoms with van der Waals surface area (Å²) in [6.07, 6.45) is 4.58. The van der Waals surface area contributed by atoms with E-state index < -0.39 is 11.9 Å². The fourth-order valence-corrected chi connectivity index (χ4v) is 2.96. The number of aliphatic carboxylic acids is 1. The Morgan fingerprint density at radius 2 is 1.95 bits per heavy atom. The second-order valence-electron chi connectivity index (χ2n) is 6.14. The standard InChI is InChI=1S/C14H24N2O3/c1-9-7-10(9)8-16(2)14(19)15-12-6-4-3-5-11(12)13(17)18/h9-12H,3-8H2,1-2H3,(H,15,19)(H,17,18). The molecule has 19 heavy (non-hydrogen) atoms. The monoisotopic (exact) mass is 268 g/mol. The third kappa shape index (κ3) is 3.61. The summed E-state index contributed by atoms with van der Waals surface area (Å²) in [5, 5.41) is 12.1. The second kappa shape index (κ2) is 5.80. The molecule has 4 atom stereocenters. The molecule has 0 bridgehead atoms. The van der Waals surface area contributed by atoms with E-state index >= 15 is 0 Å². The van der Waals surface area contributed by atoms with E-state index in [1.165, 1.54) is 6.42 Å². The van der Waals surface area contributed by atoms with Gasteiger partial charge in [-0.3, -0.25) is 4.79 Å². The van der Waals surface area contributed by atoms with Crippen molar-refractivity contribution in [1.29, 1.82) is 0 Å². The van der Waals surface area contributed by atoms with Gasteiger partial charge in [-0.25, -0.2) is 4.79 Å². The maximum absolute atomic E-state index is 12.1. The normalized spacial score (nSPS) is 33.6. The van der Waals surface area contributed by atoms with Crippen LogP contribution in [0.4, 0.5) is 4.79 Å². The Balaban J connectivity index is 1.83. The van der Waals surface area contributed by atoms with Gasteiger partial charge in [0.05, 0.1) is 5.92 Å². The molecular weight excluding hydrogens is 244 g/mol. The van der Waals surface area contributed by atoms with Gasteiger partial charge in [-0.05, 0) is 31.1 Å². The summed E-state index contributed by atoms with van der Waals surface area (Å²) in [4.78, 5) is 24.9. The number of carboxylic acid groups (broad SMARTS) is 1. The minimum Gasteiger partial charge on any atom is -0.481 e. The highest BCUT2D eigenvalue weighted by Crippen LogP contribution is 2.38. The molecule has 5 nitrogen and oxygen atoms in total. The molecule has 2 fully saturated rings. The third-order valence-corrected chi connectivity index (χ3v) is 4.52. The van der Waals surface area contributed by atoms with Gasteiger partial charge >= 0.3 is 12.0 Å². The number of carboxylic acids is 1. The molecule has 2 saturated carbocycles. The molecule has 108 valence electrons. The van der Waals surface area contributed by atoms with Crippen molar-refractivity contribution in [3.05, 3.63) is 0 Å². The molecule has 4 unspecified atom stereocenters. The Morgan fingerprint density at radius 3 is 2.53 bits per heavy atom. The topological polar surface area (TPSA) is 69.6 Å². The highest BCUT2D eigenvalue weighted by Gasteiger charge is 2.36. The maximum atomic E-state index is 12.1. The van der Waals surface area contributed by atoms with E-state index in [9.17, 15) is 14.7 Å². The minimum atomic E-state index is -0.788. The van der Waals surface area contributed by atoms with E-state index in [1.807, 2.05) is 0 Å². The van der Waals surface area contributed by atoms with Crippen LogP contribution in [0.15, 0.2) is 0 Å². The van der Waals surface area contributed by atoms with Crippen LogP contribution in [0.2, 0.25) is 0 Å². The molecule has 0 spiro atoms. The van der Waals surface area contributed by atoms with Crippen molar-refractivity contribution in [2.75, 3.05) is 13.6 Å². The highest BCUT2D eigenvalue weighted by atomic mass is 16.4. The molecule has 0 radical (unpaired) electrons. The molecule has 2 rings (SSSR count). The molecule has 2 amide bonds. The highest BCUT2D eigenvalue weighted by molar-refractivity contribution is 5.76. The minimum absolute atomic E-state index is 0.128. The lowest BCUT2D eigenvalue weighted by Crippen LogP contribution is -2.49. The predicted molar refractivity (Wildman–Crippen MR) is 71.8 cm³/mol. The van der Waals surface area contributed by atoms with Crippen molar-refractivity contribution in [1.82, 2.24) is 10.2 Å².